The van der Waals surface area contributed by atoms with Gasteiger partial charge in [-0.3, -0.25) is 4.79 Å². The predicted octanol–water partition coefficient (Wildman–Crippen LogP) is 2.90. The summed E-state index contributed by atoms with van der Waals surface area (Å²) in [5.74, 6) is -0.809. The zero-order chi connectivity index (χ0) is 14.0. The Hall–Kier alpha value is -2.37. The van der Waals surface area contributed by atoms with Crippen molar-refractivity contribution in [2.24, 2.45) is 0 Å². The van der Waals surface area contributed by atoms with Crippen LogP contribution in [-0.2, 0) is 0 Å². The second-order valence-electron chi connectivity index (χ2n) is 4.39. The molecule has 100 valence electrons. The smallest absolute Gasteiger partial charge is 0.277 e. The van der Waals surface area contributed by atoms with Crippen LogP contribution in [0.25, 0.3) is 0 Å². The van der Waals surface area contributed by atoms with Gasteiger partial charge in [-0.2, -0.15) is 0 Å². The van der Waals surface area contributed by atoms with Crippen molar-refractivity contribution in [1.29, 1.82) is 0 Å². The Morgan fingerprint density at radius 1 is 1.42 bits per heavy atom. The number of aromatic hydroxyl groups is 1. The average molecular weight is 264 g/mol. The standard InChI is InChI=1S/C13H13FN2O3/c1-7(2)12-6-11(16-19-12)13(18)15-10-4-3-8(17)5-9(10)14/h3-7,17H,1-2H3,(H,15,18). The number of phenolic OH excluding ortho intramolecular Hbond substituents is 1. The van der Waals surface area contributed by atoms with Crippen LogP contribution in [0.5, 0.6) is 5.75 Å². The van der Waals surface area contributed by atoms with Gasteiger partial charge < -0.3 is 14.9 Å². The van der Waals surface area contributed by atoms with Crippen LogP contribution in [0, 0.1) is 5.82 Å². The third kappa shape index (κ3) is 2.90. The van der Waals surface area contributed by atoms with Gasteiger partial charge in [-0.25, -0.2) is 4.39 Å². The molecular formula is C13H13FN2O3. The molecule has 2 rings (SSSR count). The van der Waals surface area contributed by atoms with Crippen molar-refractivity contribution in [3.05, 3.63) is 41.5 Å². The number of rotatable bonds is 3. The molecule has 0 radical (unpaired) electrons. The molecule has 19 heavy (non-hydrogen) atoms. The van der Waals surface area contributed by atoms with Gasteiger partial charge in [-0.05, 0) is 12.1 Å². The van der Waals surface area contributed by atoms with Crippen molar-refractivity contribution in [2.75, 3.05) is 5.32 Å². The Morgan fingerprint density at radius 2 is 2.16 bits per heavy atom. The summed E-state index contributed by atoms with van der Waals surface area (Å²) in [6, 6.07) is 4.98. The Kier molecular flexibility index (Phi) is 3.50. The molecule has 0 aliphatic heterocycles. The summed E-state index contributed by atoms with van der Waals surface area (Å²) < 4.78 is 18.4. The minimum atomic E-state index is -0.721. The summed E-state index contributed by atoms with van der Waals surface area (Å²) in [5.41, 5.74) is 0.0491. The highest BCUT2D eigenvalue weighted by Crippen LogP contribution is 2.21. The van der Waals surface area contributed by atoms with Crippen LogP contribution in [0.1, 0.15) is 36.0 Å². The molecule has 0 aliphatic carbocycles. The highest BCUT2D eigenvalue weighted by atomic mass is 19.1. The van der Waals surface area contributed by atoms with Crippen molar-refractivity contribution < 1.29 is 18.8 Å². The molecular weight excluding hydrogens is 251 g/mol. The van der Waals surface area contributed by atoms with E-state index < -0.39 is 11.7 Å². The van der Waals surface area contributed by atoms with E-state index in [-0.39, 0.29) is 23.0 Å². The summed E-state index contributed by atoms with van der Waals surface area (Å²) in [5, 5.41) is 15.1. The number of carbonyl (C=O) groups is 1. The van der Waals surface area contributed by atoms with Gasteiger partial charge in [0.2, 0.25) is 0 Å². The first-order valence-electron chi connectivity index (χ1n) is 5.74. The van der Waals surface area contributed by atoms with E-state index in [9.17, 15) is 9.18 Å². The van der Waals surface area contributed by atoms with E-state index in [0.29, 0.717) is 5.76 Å². The Balaban J connectivity index is 2.16. The van der Waals surface area contributed by atoms with Crippen LogP contribution in [0.3, 0.4) is 0 Å². The summed E-state index contributed by atoms with van der Waals surface area (Å²) >= 11 is 0. The second-order valence-corrected chi connectivity index (χ2v) is 4.39. The van der Waals surface area contributed by atoms with Crippen LogP contribution in [0.2, 0.25) is 0 Å². The van der Waals surface area contributed by atoms with Crippen LogP contribution in [-0.4, -0.2) is 16.2 Å². The second kappa shape index (κ2) is 5.09. The fourth-order valence-corrected chi connectivity index (χ4v) is 1.46. The van der Waals surface area contributed by atoms with E-state index in [1.807, 2.05) is 13.8 Å². The molecule has 2 N–H and O–H groups in total. The number of benzene rings is 1. The summed E-state index contributed by atoms with van der Waals surface area (Å²) in [6.07, 6.45) is 0. The maximum absolute atomic E-state index is 13.4. The molecule has 1 aromatic heterocycles. The molecule has 5 nitrogen and oxygen atoms in total. The molecule has 1 heterocycles. The normalized spacial score (nSPS) is 10.7. The van der Waals surface area contributed by atoms with Crippen LogP contribution >= 0.6 is 0 Å². The quantitative estimate of drug-likeness (QED) is 0.836. The molecule has 0 bridgehead atoms. The van der Waals surface area contributed by atoms with Crippen molar-refractivity contribution >= 4 is 11.6 Å². The van der Waals surface area contributed by atoms with Gasteiger partial charge in [0.05, 0.1) is 5.69 Å². The predicted molar refractivity (Wildman–Crippen MR) is 66.6 cm³/mol. The summed E-state index contributed by atoms with van der Waals surface area (Å²) in [6.45, 7) is 3.81. The van der Waals surface area contributed by atoms with E-state index in [4.69, 9.17) is 9.63 Å². The number of nitrogens with one attached hydrogen (secondary N) is 1. The molecule has 0 atom stereocenters. The molecule has 6 heteroatoms. The van der Waals surface area contributed by atoms with Gasteiger partial charge in [0, 0.05) is 18.1 Å². The highest BCUT2D eigenvalue weighted by molar-refractivity contribution is 6.02. The number of carbonyl (C=O) groups excluding carboxylic acids is 1. The first kappa shape index (κ1) is 13.1. The van der Waals surface area contributed by atoms with E-state index in [0.717, 1.165) is 6.07 Å². The van der Waals surface area contributed by atoms with Gasteiger partial charge in [-0.1, -0.05) is 19.0 Å². The van der Waals surface area contributed by atoms with Gasteiger partial charge in [0.15, 0.2) is 5.69 Å². The SMILES string of the molecule is CC(C)c1cc(C(=O)Nc2ccc(O)cc2F)no1. The van der Waals surface area contributed by atoms with Crippen molar-refractivity contribution in [3.63, 3.8) is 0 Å². The van der Waals surface area contributed by atoms with Crippen LogP contribution in [0.15, 0.2) is 28.8 Å². The molecule has 0 fully saturated rings. The van der Waals surface area contributed by atoms with Gasteiger partial charge in [0.25, 0.3) is 5.91 Å². The minimum absolute atomic E-state index is 0.0307. The van der Waals surface area contributed by atoms with E-state index in [1.165, 1.54) is 18.2 Å². The number of hydrogen-bond donors (Lipinski definition) is 2. The lowest BCUT2D eigenvalue weighted by molar-refractivity contribution is 0.101. The highest BCUT2D eigenvalue weighted by Gasteiger charge is 2.16. The Bertz CT molecular complexity index is 608. The van der Waals surface area contributed by atoms with E-state index >= 15 is 0 Å². The lowest BCUT2D eigenvalue weighted by atomic mass is 10.1. The lowest BCUT2D eigenvalue weighted by Crippen LogP contribution is -2.13. The van der Waals surface area contributed by atoms with E-state index in [1.54, 1.807) is 0 Å². The number of halogens is 1. The van der Waals surface area contributed by atoms with E-state index in [2.05, 4.69) is 10.5 Å². The lowest BCUT2D eigenvalue weighted by Gasteiger charge is -2.04. The fraction of sp³-hybridized carbons (Fsp3) is 0.231. The molecule has 0 saturated carbocycles. The third-order valence-electron chi connectivity index (χ3n) is 2.53. The zero-order valence-electron chi connectivity index (χ0n) is 10.5. The molecule has 1 amide bonds. The molecule has 2 aromatic rings. The van der Waals surface area contributed by atoms with Crippen molar-refractivity contribution in [3.8, 4) is 5.75 Å². The molecule has 0 aliphatic rings. The monoisotopic (exact) mass is 264 g/mol. The van der Waals surface area contributed by atoms with Gasteiger partial charge >= 0.3 is 0 Å². The minimum Gasteiger partial charge on any atom is -0.508 e. The number of nitrogens with zero attached hydrogens (tertiary/aromatic N) is 1. The maximum atomic E-state index is 13.4. The van der Waals surface area contributed by atoms with Gasteiger partial charge in [0.1, 0.15) is 17.3 Å². The third-order valence-corrected chi connectivity index (χ3v) is 2.53. The molecule has 0 spiro atoms. The summed E-state index contributed by atoms with van der Waals surface area (Å²) in [4.78, 5) is 11.8. The Morgan fingerprint density at radius 3 is 2.74 bits per heavy atom. The zero-order valence-corrected chi connectivity index (χ0v) is 10.5. The van der Waals surface area contributed by atoms with Crippen molar-refractivity contribution in [2.45, 2.75) is 19.8 Å². The number of amides is 1. The number of phenols is 1. The van der Waals surface area contributed by atoms with Crippen LogP contribution < -0.4 is 5.32 Å². The van der Waals surface area contributed by atoms with Crippen molar-refractivity contribution in [1.82, 2.24) is 5.16 Å². The molecule has 0 unspecified atom stereocenters. The largest absolute Gasteiger partial charge is 0.508 e. The average Bonchev–Trinajstić information content (AvgIpc) is 2.82. The maximum Gasteiger partial charge on any atom is 0.277 e. The molecule has 1 aromatic carbocycles. The first-order chi connectivity index (χ1) is 8.97. The Labute approximate surface area is 109 Å². The topological polar surface area (TPSA) is 75.4 Å². The van der Waals surface area contributed by atoms with Gasteiger partial charge in [-0.15, -0.1) is 0 Å². The summed E-state index contributed by atoms with van der Waals surface area (Å²) in [7, 11) is 0. The van der Waals surface area contributed by atoms with Crippen LogP contribution in [0.4, 0.5) is 10.1 Å². The number of hydrogen-bond acceptors (Lipinski definition) is 4. The number of anilines is 1. The first-order valence-corrected chi connectivity index (χ1v) is 5.74. The number of aromatic nitrogens is 1. The molecule has 0 saturated heterocycles. The fourth-order valence-electron chi connectivity index (χ4n) is 1.46.